The third kappa shape index (κ3) is 2.09. The number of hydrogen-bond donors (Lipinski definition) is 0. The van der Waals surface area contributed by atoms with Gasteiger partial charge in [0, 0.05) is 6.54 Å². The van der Waals surface area contributed by atoms with E-state index in [1.54, 1.807) is 0 Å². The van der Waals surface area contributed by atoms with E-state index in [-0.39, 0.29) is 0 Å². The summed E-state index contributed by atoms with van der Waals surface area (Å²) in [6.07, 6.45) is 3.30. The Balaban J connectivity index is 1.83. The van der Waals surface area contributed by atoms with Crippen molar-refractivity contribution in [1.82, 2.24) is 15.0 Å². The van der Waals surface area contributed by atoms with Crippen LogP contribution in [0.1, 0.15) is 45.5 Å². The Kier molecular flexibility index (Phi) is 3.02. The molecule has 0 unspecified atom stereocenters. The van der Waals surface area contributed by atoms with Crippen LogP contribution in [0.2, 0.25) is 0 Å². The van der Waals surface area contributed by atoms with E-state index < -0.39 is 24.0 Å². The van der Waals surface area contributed by atoms with E-state index in [4.69, 9.17) is 9.31 Å². The van der Waals surface area contributed by atoms with Gasteiger partial charge in [-0.25, -0.2) is 9.07 Å². The highest BCUT2D eigenvalue weighted by molar-refractivity contribution is 6.54. The molecule has 7 heteroatoms. The monoisotopic (exact) mass is 279 g/mol. The number of fused-ring (bicyclic) bond motifs is 1. The molecule has 1 aromatic rings. The highest BCUT2D eigenvalue weighted by atomic mass is 19.1. The maximum Gasteiger partial charge on any atom is 0.525 e. The molecule has 0 spiro atoms. The molecule has 1 saturated heterocycles. The van der Waals surface area contributed by atoms with Gasteiger partial charge in [-0.15, -0.1) is 5.10 Å². The van der Waals surface area contributed by atoms with Crippen LogP contribution < -0.4 is 0 Å². The number of rotatable bonds is 2. The Morgan fingerprint density at radius 3 is 2.60 bits per heavy atom. The van der Waals surface area contributed by atoms with E-state index in [1.165, 1.54) is 6.08 Å². The molecule has 20 heavy (non-hydrogen) atoms. The van der Waals surface area contributed by atoms with Crippen LogP contribution in [-0.4, -0.2) is 33.3 Å². The SMILES string of the molecule is CC1(C)OB(C(F)=Cc2nnn3c2CCC3)OC1(C)C. The van der Waals surface area contributed by atoms with Gasteiger partial charge in [0.25, 0.3) is 0 Å². The van der Waals surface area contributed by atoms with E-state index >= 15 is 0 Å². The molecular weight excluding hydrogens is 260 g/mol. The first-order valence-corrected chi connectivity index (χ1v) is 6.95. The van der Waals surface area contributed by atoms with Gasteiger partial charge in [-0.2, -0.15) is 0 Å². The van der Waals surface area contributed by atoms with Crippen LogP contribution in [0.5, 0.6) is 0 Å². The predicted molar refractivity (Wildman–Crippen MR) is 73.5 cm³/mol. The molecule has 0 saturated carbocycles. The van der Waals surface area contributed by atoms with Crippen molar-refractivity contribution in [3.8, 4) is 0 Å². The van der Waals surface area contributed by atoms with Crippen molar-refractivity contribution < 1.29 is 13.7 Å². The first-order valence-electron chi connectivity index (χ1n) is 6.95. The Morgan fingerprint density at radius 1 is 1.30 bits per heavy atom. The van der Waals surface area contributed by atoms with Gasteiger partial charge in [0.2, 0.25) is 0 Å². The van der Waals surface area contributed by atoms with Gasteiger partial charge in [-0.3, -0.25) is 0 Å². The molecule has 0 N–H and O–H groups in total. The van der Waals surface area contributed by atoms with Crippen molar-refractivity contribution in [2.75, 3.05) is 0 Å². The topological polar surface area (TPSA) is 49.2 Å². The lowest BCUT2D eigenvalue weighted by Gasteiger charge is -2.32. The average Bonchev–Trinajstić information content (AvgIpc) is 2.96. The molecule has 1 fully saturated rings. The third-order valence-electron chi connectivity index (χ3n) is 4.40. The van der Waals surface area contributed by atoms with Crippen LogP contribution in [0.4, 0.5) is 4.39 Å². The third-order valence-corrected chi connectivity index (χ3v) is 4.40. The summed E-state index contributed by atoms with van der Waals surface area (Å²) in [5, 5.41) is 8.01. The van der Waals surface area contributed by atoms with Crippen LogP contribution in [0, 0.1) is 0 Å². The van der Waals surface area contributed by atoms with E-state index in [0.29, 0.717) is 5.69 Å². The van der Waals surface area contributed by atoms with Crippen LogP contribution >= 0.6 is 0 Å². The molecule has 0 bridgehead atoms. The summed E-state index contributed by atoms with van der Waals surface area (Å²) in [4.78, 5) is 0. The molecule has 2 aliphatic heterocycles. The zero-order valence-electron chi connectivity index (χ0n) is 12.3. The van der Waals surface area contributed by atoms with Crippen molar-refractivity contribution in [2.45, 2.75) is 58.3 Å². The van der Waals surface area contributed by atoms with Gasteiger partial charge in [-0.1, -0.05) is 5.21 Å². The van der Waals surface area contributed by atoms with Crippen LogP contribution in [0.15, 0.2) is 5.73 Å². The lowest BCUT2D eigenvalue weighted by molar-refractivity contribution is 0.00578. The molecule has 0 amide bonds. The Hall–Kier alpha value is -1.21. The maximum absolute atomic E-state index is 14.4. The molecule has 3 heterocycles. The minimum Gasteiger partial charge on any atom is -0.398 e. The standard InChI is InChI=1S/C13H19BFN3O2/c1-12(2)13(3,4)20-14(19-12)11(15)8-9-10-6-5-7-18(10)17-16-9/h8H,5-7H2,1-4H3. The van der Waals surface area contributed by atoms with Gasteiger partial charge in [0.1, 0.15) is 11.4 Å². The molecule has 108 valence electrons. The first-order chi connectivity index (χ1) is 9.30. The van der Waals surface area contributed by atoms with Crippen LogP contribution in [0.25, 0.3) is 6.08 Å². The fourth-order valence-electron chi connectivity index (χ4n) is 2.45. The van der Waals surface area contributed by atoms with E-state index in [9.17, 15) is 4.39 Å². The second kappa shape index (κ2) is 4.39. The van der Waals surface area contributed by atoms with E-state index in [2.05, 4.69) is 10.3 Å². The summed E-state index contributed by atoms with van der Waals surface area (Å²) in [6, 6.07) is 0. The van der Waals surface area contributed by atoms with Gasteiger partial charge in [0.15, 0.2) is 0 Å². The molecule has 0 radical (unpaired) electrons. The van der Waals surface area contributed by atoms with Crippen molar-refractivity contribution in [1.29, 1.82) is 0 Å². The van der Waals surface area contributed by atoms with Gasteiger partial charge >= 0.3 is 7.12 Å². The van der Waals surface area contributed by atoms with E-state index in [1.807, 2.05) is 32.4 Å². The zero-order chi connectivity index (χ0) is 14.5. The largest absolute Gasteiger partial charge is 0.525 e. The number of halogens is 1. The lowest BCUT2D eigenvalue weighted by atomic mass is 9.87. The Labute approximate surface area is 118 Å². The van der Waals surface area contributed by atoms with Crippen LogP contribution in [-0.2, 0) is 22.3 Å². The summed E-state index contributed by atoms with van der Waals surface area (Å²) in [5.74, 6) is 0. The number of hydrogen-bond acceptors (Lipinski definition) is 4. The van der Waals surface area contributed by atoms with Crippen molar-refractivity contribution >= 4 is 13.2 Å². The summed E-state index contributed by atoms with van der Waals surface area (Å²) in [5.41, 5.74) is 0.0133. The van der Waals surface area contributed by atoms with Crippen molar-refractivity contribution in [3.63, 3.8) is 0 Å². The number of aromatic nitrogens is 3. The molecule has 5 nitrogen and oxygen atoms in total. The zero-order valence-corrected chi connectivity index (χ0v) is 12.3. The fourth-order valence-corrected chi connectivity index (χ4v) is 2.45. The lowest BCUT2D eigenvalue weighted by Crippen LogP contribution is -2.41. The molecule has 1 aromatic heterocycles. The molecule has 3 rings (SSSR count). The van der Waals surface area contributed by atoms with Gasteiger partial charge < -0.3 is 9.31 Å². The minimum atomic E-state index is -0.973. The highest BCUT2D eigenvalue weighted by Gasteiger charge is 2.53. The normalized spacial score (nSPS) is 24.2. The molecule has 2 aliphatic rings. The quantitative estimate of drug-likeness (QED) is 0.778. The summed E-state index contributed by atoms with van der Waals surface area (Å²) < 4.78 is 27.5. The first kappa shape index (κ1) is 13.8. The molecular formula is C13H19BFN3O2. The predicted octanol–water partition coefficient (Wildman–Crippen LogP) is 2.17. The molecule has 0 aliphatic carbocycles. The van der Waals surface area contributed by atoms with Crippen molar-refractivity contribution in [2.24, 2.45) is 0 Å². The minimum absolute atomic E-state index is 0.459. The van der Waals surface area contributed by atoms with Gasteiger partial charge in [-0.05, 0) is 46.6 Å². The second-order valence-electron chi connectivity index (χ2n) is 6.37. The highest BCUT2D eigenvalue weighted by Crippen LogP contribution is 2.39. The Morgan fingerprint density at radius 2 is 1.95 bits per heavy atom. The number of nitrogens with zero attached hydrogens (tertiary/aromatic N) is 3. The summed E-state index contributed by atoms with van der Waals surface area (Å²) in [7, 11) is -0.973. The van der Waals surface area contributed by atoms with Crippen molar-refractivity contribution in [3.05, 3.63) is 17.1 Å². The fraction of sp³-hybridized carbons (Fsp3) is 0.692. The molecule has 0 aromatic carbocycles. The number of aryl methyl sites for hydroxylation is 1. The Bertz CT molecular complexity index is 552. The smallest absolute Gasteiger partial charge is 0.398 e. The van der Waals surface area contributed by atoms with Crippen LogP contribution in [0.3, 0.4) is 0 Å². The van der Waals surface area contributed by atoms with E-state index in [0.717, 1.165) is 25.1 Å². The second-order valence-corrected chi connectivity index (χ2v) is 6.37. The summed E-state index contributed by atoms with van der Waals surface area (Å²) in [6.45, 7) is 8.45. The maximum atomic E-state index is 14.4. The van der Waals surface area contributed by atoms with Gasteiger partial charge in [0.05, 0.1) is 16.9 Å². The summed E-state index contributed by atoms with van der Waals surface area (Å²) >= 11 is 0. The molecule has 0 atom stereocenters. The average molecular weight is 279 g/mol.